The molecule has 0 saturated carbocycles. The number of ketones is 1. The number of fused-ring (bicyclic) bond motifs is 5. The molecule has 3 aliphatic heterocycles. The molecule has 0 bridgehead atoms. The maximum Gasteiger partial charge on any atom is 0.271 e. The van der Waals surface area contributed by atoms with Crippen molar-refractivity contribution in [2.24, 2.45) is 11.8 Å². The zero-order chi connectivity index (χ0) is 26.0. The number of nitro groups is 1. The highest BCUT2D eigenvalue weighted by Gasteiger charge is 2.64. The van der Waals surface area contributed by atoms with Crippen molar-refractivity contribution in [2.75, 3.05) is 4.90 Å². The van der Waals surface area contributed by atoms with Gasteiger partial charge in [0.15, 0.2) is 5.78 Å². The standard InChI is InChI=1S/C27H17Cl2N3O5/c28-15-8-9-19(20(29)12-15)25(33)24-22-21(23-18-7-2-1-4-14(18)10-11-30(23)24)26(34)31(27(22)35)16-5-3-6-17(13-16)32(36)37/h1-13,21-24H. The van der Waals surface area contributed by atoms with Crippen LogP contribution in [0.2, 0.25) is 10.0 Å². The number of benzene rings is 3. The summed E-state index contributed by atoms with van der Waals surface area (Å²) < 4.78 is 0. The molecule has 10 heteroatoms. The SMILES string of the molecule is O=C(c1ccc(Cl)cc1Cl)C1C2C(=O)N(c3cccc([N+](=O)[O-])c3)C(=O)C2C2c3ccccc3C=CN12. The van der Waals surface area contributed by atoms with E-state index >= 15 is 0 Å². The summed E-state index contributed by atoms with van der Waals surface area (Å²) in [5, 5.41) is 11.8. The predicted octanol–water partition coefficient (Wildman–Crippen LogP) is 5.30. The summed E-state index contributed by atoms with van der Waals surface area (Å²) in [4.78, 5) is 55.2. The monoisotopic (exact) mass is 533 g/mol. The third-order valence-corrected chi connectivity index (χ3v) is 7.77. The minimum Gasteiger partial charge on any atom is -0.358 e. The molecule has 2 fully saturated rings. The first kappa shape index (κ1) is 23.4. The van der Waals surface area contributed by atoms with Gasteiger partial charge in [-0.2, -0.15) is 0 Å². The van der Waals surface area contributed by atoms with Crippen LogP contribution in [0.3, 0.4) is 0 Å². The Morgan fingerprint density at radius 1 is 0.919 bits per heavy atom. The van der Waals surface area contributed by atoms with Gasteiger partial charge in [-0.3, -0.25) is 24.5 Å². The number of rotatable bonds is 4. The second-order valence-electron chi connectivity index (χ2n) is 9.11. The van der Waals surface area contributed by atoms with E-state index in [1.54, 1.807) is 17.2 Å². The highest BCUT2D eigenvalue weighted by Crippen LogP contribution is 2.54. The van der Waals surface area contributed by atoms with Gasteiger partial charge in [0.2, 0.25) is 11.8 Å². The maximum atomic E-state index is 14.0. The fraction of sp³-hybridized carbons (Fsp3) is 0.148. The number of carbonyl (C=O) groups is 3. The Morgan fingerprint density at radius 2 is 1.68 bits per heavy atom. The molecule has 0 aliphatic carbocycles. The lowest BCUT2D eigenvalue weighted by Crippen LogP contribution is -2.44. The van der Waals surface area contributed by atoms with E-state index < -0.39 is 46.4 Å². The van der Waals surface area contributed by atoms with Crippen LogP contribution in [0.15, 0.2) is 72.9 Å². The second kappa shape index (κ2) is 8.54. The molecule has 6 rings (SSSR count). The molecule has 3 aromatic carbocycles. The summed E-state index contributed by atoms with van der Waals surface area (Å²) in [7, 11) is 0. The van der Waals surface area contributed by atoms with Crippen molar-refractivity contribution in [3.63, 3.8) is 0 Å². The third-order valence-electron chi connectivity index (χ3n) is 7.23. The molecule has 37 heavy (non-hydrogen) atoms. The number of carbonyl (C=O) groups excluding carboxylic acids is 3. The van der Waals surface area contributed by atoms with E-state index in [0.29, 0.717) is 5.02 Å². The molecule has 0 N–H and O–H groups in total. The highest BCUT2D eigenvalue weighted by molar-refractivity contribution is 6.37. The summed E-state index contributed by atoms with van der Waals surface area (Å²) in [5.74, 6) is -3.40. The van der Waals surface area contributed by atoms with Gasteiger partial charge in [0.05, 0.1) is 33.5 Å². The van der Waals surface area contributed by atoms with E-state index in [0.717, 1.165) is 16.0 Å². The number of nitrogens with zero attached hydrogens (tertiary/aromatic N) is 3. The summed E-state index contributed by atoms with van der Waals surface area (Å²) in [5.41, 5.74) is 1.74. The summed E-state index contributed by atoms with van der Waals surface area (Å²) in [6, 6.07) is 15.8. The maximum absolute atomic E-state index is 14.0. The normalized spacial score (nSPS) is 23.6. The number of hydrogen-bond donors (Lipinski definition) is 0. The molecule has 0 spiro atoms. The topological polar surface area (TPSA) is 101 Å². The van der Waals surface area contributed by atoms with Crippen LogP contribution in [0, 0.1) is 22.0 Å². The molecular formula is C27H17Cl2N3O5. The van der Waals surface area contributed by atoms with Gasteiger partial charge in [-0.1, -0.05) is 53.5 Å². The number of amides is 2. The number of anilines is 1. The Hall–Kier alpha value is -4.01. The molecule has 3 aliphatic rings. The molecule has 0 aromatic heterocycles. The van der Waals surface area contributed by atoms with Crippen LogP contribution in [-0.2, 0) is 9.59 Å². The minimum atomic E-state index is -1.02. The Morgan fingerprint density at radius 3 is 2.43 bits per heavy atom. The van der Waals surface area contributed by atoms with Crippen molar-refractivity contribution in [1.29, 1.82) is 0 Å². The van der Waals surface area contributed by atoms with Crippen molar-refractivity contribution in [3.05, 3.63) is 110 Å². The van der Waals surface area contributed by atoms with E-state index in [4.69, 9.17) is 23.2 Å². The predicted molar refractivity (Wildman–Crippen MR) is 137 cm³/mol. The zero-order valence-electron chi connectivity index (χ0n) is 19.0. The van der Waals surface area contributed by atoms with Crippen molar-refractivity contribution in [3.8, 4) is 0 Å². The van der Waals surface area contributed by atoms with E-state index in [2.05, 4.69) is 0 Å². The van der Waals surface area contributed by atoms with Crippen molar-refractivity contribution >= 4 is 58.3 Å². The lowest BCUT2D eigenvalue weighted by Gasteiger charge is -2.35. The van der Waals surface area contributed by atoms with Gasteiger partial charge in [0.25, 0.3) is 5.69 Å². The molecule has 4 unspecified atom stereocenters. The zero-order valence-corrected chi connectivity index (χ0v) is 20.5. The Labute approximate surface area is 220 Å². The number of non-ortho nitro benzene ring substituents is 1. The van der Waals surface area contributed by atoms with Crippen molar-refractivity contribution < 1.29 is 19.3 Å². The van der Waals surface area contributed by atoms with Crippen LogP contribution in [0.5, 0.6) is 0 Å². The number of halogens is 2. The average molecular weight is 534 g/mol. The Bertz CT molecular complexity index is 1550. The van der Waals surface area contributed by atoms with E-state index in [1.165, 1.54) is 36.4 Å². The van der Waals surface area contributed by atoms with Gasteiger partial charge in [-0.05, 0) is 41.5 Å². The van der Waals surface area contributed by atoms with E-state index in [-0.39, 0.29) is 22.0 Å². The van der Waals surface area contributed by atoms with Crippen LogP contribution in [-0.4, -0.2) is 33.5 Å². The smallest absolute Gasteiger partial charge is 0.271 e. The number of imide groups is 1. The van der Waals surface area contributed by atoms with Crippen LogP contribution in [0.1, 0.15) is 27.5 Å². The van der Waals surface area contributed by atoms with Gasteiger partial charge in [0.1, 0.15) is 6.04 Å². The molecular weight excluding hydrogens is 517 g/mol. The number of Topliss-reactive ketones (excluding diaryl/α,β-unsaturated/α-hetero) is 1. The molecule has 0 radical (unpaired) electrons. The van der Waals surface area contributed by atoms with Crippen LogP contribution in [0.25, 0.3) is 6.08 Å². The fourth-order valence-corrected chi connectivity index (χ4v) is 6.21. The molecule has 3 heterocycles. The van der Waals surface area contributed by atoms with Gasteiger partial charge >= 0.3 is 0 Å². The quantitative estimate of drug-likeness (QED) is 0.195. The van der Waals surface area contributed by atoms with Crippen LogP contribution < -0.4 is 4.90 Å². The fourth-order valence-electron chi connectivity index (χ4n) is 5.71. The lowest BCUT2D eigenvalue weighted by atomic mass is 9.83. The van der Waals surface area contributed by atoms with Crippen LogP contribution in [0.4, 0.5) is 11.4 Å². The molecule has 2 amide bonds. The van der Waals surface area contributed by atoms with Crippen molar-refractivity contribution in [2.45, 2.75) is 12.1 Å². The van der Waals surface area contributed by atoms with Crippen molar-refractivity contribution in [1.82, 2.24) is 4.90 Å². The minimum absolute atomic E-state index is 0.0977. The summed E-state index contributed by atoms with van der Waals surface area (Å²) >= 11 is 12.4. The largest absolute Gasteiger partial charge is 0.358 e. The first-order valence-electron chi connectivity index (χ1n) is 11.4. The molecule has 2 saturated heterocycles. The van der Waals surface area contributed by atoms with Gasteiger partial charge < -0.3 is 4.90 Å². The first-order chi connectivity index (χ1) is 17.8. The Kier molecular flexibility index (Phi) is 5.40. The molecule has 3 aromatic rings. The molecule has 8 nitrogen and oxygen atoms in total. The van der Waals surface area contributed by atoms with Crippen LogP contribution >= 0.6 is 23.2 Å². The summed E-state index contributed by atoms with van der Waals surface area (Å²) in [6.45, 7) is 0. The average Bonchev–Trinajstić information content (AvgIpc) is 3.36. The van der Waals surface area contributed by atoms with Gasteiger partial charge in [0, 0.05) is 28.9 Å². The molecule has 4 atom stereocenters. The van der Waals surface area contributed by atoms with Gasteiger partial charge in [-0.15, -0.1) is 0 Å². The van der Waals surface area contributed by atoms with E-state index in [1.807, 2.05) is 30.3 Å². The first-order valence-corrected chi connectivity index (χ1v) is 12.2. The number of nitro benzene ring substituents is 1. The molecule has 184 valence electrons. The Balaban J connectivity index is 1.50. The van der Waals surface area contributed by atoms with E-state index in [9.17, 15) is 24.5 Å². The van der Waals surface area contributed by atoms with Gasteiger partial charge in [-0.25, -0.2) is 4.90 Å². The lowest BCUT2D eigenvalue weighted by molar-refractivity contribution is -0.384. The number of hydrogen-bond acceptors (Lipinski definition) is 6. The second-order valence-corrected chi connectivity index (χ2v) is 9.95. The third kappa shape index (κ3) is 3.48. The highest BCUT2D eigenvalue weighted by atomic mass is 35.5. The summed E-state index contributed by atoms with van der Waals surface area (Å²) in [6.07, 6.45) is 3.60.